The number of hydrogen-bond acceptors (Lipinski definition) is 5. The molecule has 24 heavy (non-hydrogen) atoms. The number of piperidine rings is 1. The average Bonchev–Trinajstić information content (AvgIpc) is 3.03. The number of aliphatic carboxylic acids is 1. The van der Waals surface area contributed by atoms with Gasteiger partial charge < -0.3 is 14.7 Å². The van der Waals surface area contributed by atoms with Gasteiger partial charge in [0.05, 0.1) is 25.5 Å². The van der Waals surface area contributed by atoms with Crippen LogP contribution in [0.4, 0.5) is 0 Å². The predicted molar refractivity (Wildman–Crippen MR) is 85.7 cm³/mol. The molecule has 1 aromatic rings. The van der Waals surface area contributed by atoms with Crippen molar-refractivity contribution in [1.82, 2.24) is 19.6 Å². The Bertz CT molecular complexity index is 582. The van der Waals surface area contributed by atoms with E-state index in [0.29, 0.717) is 32.8 Å². The number of hydrogen-bond donors (Lipinski definition) is 1. The third-order valence-corrected chi connectivity index (χ3v) is 4.60. The van der Waals surface area contributed by atoms with Crippen LogP contribution in [0.15, 0.2) is 12.3 Å². The highest BCUT2D eigenvalue weighted by Gasteiger charge is 2.26. The zero-order valence-corrected chi connectivity index (χ0v) is 13.8. The van der Waals surface area contributed by atoms with Crippen molar-refractivity contribution in [2.24, 2.45) is 0 Å². The molecule has 1 N–H and O–H groups in total. The molecule has 1 atom stereocenters. The van der Waals surface area contributed by atoms with E-state index in [0.717, 1.165) is 31.6 Å². The molecule has 0 aromatic carbocycles. The first-order chi connectivity index (χ1) is 11.6. The Morgan fingerprint density at radius 2 is 2.04 bits per heavy atom. The van der Waals surface area contributed by atoms with Gasteiger partial charge in [0.25, 0.3) is 0 Å². The van der Waals surface area contributed by atoms with E-state index in [9.17, 15) is 9.59 Å². The Balaban J connectivity index is 1.54. The summed E-state index contributed by atoms with van der Waals surface area (Å²) in [5.41, 5.74) is 0.916. The van der Waals surface area contributed by atoms with Crippen molar-refractivity contribution in [3.8, 4) is 0 Å². The van der Waals surface area contributed by atoms with Gasteiger partial charge in [-0.15, -0.1) is 0 Å². The minimum absolute atomic E-state index is 0.119. The van der Waals surface area contributed by atoms with Gasteiger partial charge >= 0.3 is 5.97 Å². The van der Waals surface area contributed by atoms with E-state index >= 15 is 0 Å². The summed E-state index contributed by atoms with van der Waals surface area (Å²) in [5.74, 6) is -0.479. The van der Waals surface area contributed by atoms with Crippen LogP contribution in [0.5, 0.6) is 0 Å². The van der Waals surface area contributed by atoms with E-state index < -0.39 is 5.97 Å². The van der Waals surface area contributed by atoms with Crippen LogP contribution in [0.25, 0.3) is 0 Å². The summed E-state index contributed by atoms with van der Waals surface area (Å²) in [4.78, 5) is 27.2. The predicted octanol–water partition coefficient (Wildman–Crippen LogP) is 0.00590. The third-order valence-electron chi connectivity index (χ3n) is 4.60. The molecule has 0 bridgehead atoms. The highest BCUT2D eigenvalue weighted by Crippen LogP contribution is 2.25. The number of likely N-dealkylation sites (tertiary alicyclic amines) is 1. The molecule has 0 radical (unpaired) electrons. The summed E-state index contributed by atoms with van der Waals surface area (Å²) in [7, 11) is 0. The van der Waals surface area contributed by atoms with Crippen molar-refractivity contribution < 1.29 is 19.4 Å². The van der Waals surface area contributed by atoms with Crippen LogP contribution in [0.2, 0.25) is 0 Å². The van der Waals surface area contributed by atoms with E-state index in [1.807, 2.05) is 11.0 Å². The SMILES string of the molecule is O=C(O)Cn1ccc([C@H]2CCCN(CC(=O)N3CCOCC3)C2)n1. The Morgan fingerprint density at radius 3 is 2.79 bits per heavy atom. The second kappa shape index (κ2) is 7.76. The van der Waals surface area contributed by atoms with E-state index in [-0.39, 0.29) is 18.4 Å². The van der Waals surface area contributed by atoms with Crippen LogP contribution in [0.3, 0.4) is 0 Å². The number of rotatable bonds is 5. The van der Waals surface area contributed by atoms with Gasteiger partial charge in [0.1, 0.15) is 6.54 Å². The quantitative estimate of drug-likeness (QED) is 0.815. The fraction of sp³-hybridized carbons (Fsp3) is 0.688. The lowest BCUT2D eigenvalue weighted by Crippen LogP contribution is -2.47. The molecule has 2 aliphatic heterocycles. The molecule has 0 aliphatic carbocycles. The molecule has 8 nitrogen and oxygen atoms in total. The largest absolute Gasteiger partial charge is 0.480 e. The Labute approximate surface area is 141 Å². The minimum atomic E-state index is -0.897. The number of carboxylic acid groups (broad SMARTS) is 1. The number of morpholine rings is 1. The van der Waals surface area contributed by atoms with Crippen LogP contribution in [-0.4, -0.2) is 82.5 Å². The van der Waals surface area contributed by atoms with E-state index in [4.69, 9.17) is 9.84 Å². The second-order valence-electron chi connectivity index (χ2n) is 6.40. The van der Waals surface area contributed by atoms with Gasteiger partial charge in [-0.1, -0.05) is 0 Å². The number of aromatic nitrogens is 2. The first kappa shape index (κ1) is 16.9. The lowest BCUT2D eigenvalue weighted by Gasteiger charge is -2.34. The van der Waals surface area contributed by atoms with Crippen molar-refractivity contribution in [3.05, 3.63) is 18.0 Å². The number of amides is 1. The van der Waals surface area contributed by atoms with Crippen molar-refractivity contribution in [3.63, 3.8) is 0 Å². The van der Waals surface area contributed by atoms with Gasteiger partial charge in [0.2, 0.25) is 5.91 Å². The number of nitrogens with zero attached hydrogens (tertiary/aromatic N) is 4. The number of carboxylic acids is 1. The molecule has 2 fully saturated rings. The van der Waals surface area contributed by atoms with Gasteiger partial charge in [0, 0.05) is 31.7 Å². The summed E-state index contributed by atoms with van der Waals surface area (Å²) in [5, 5.41) is 13.2. The fourth-order valence-corrected chi connectivity index (χ4v) is 3.37. The van der Waals surface area contributed by atoms with Crippen LogP contribution >= 0.6 is 0 Å². The van der Waals surface area contributed by atoms with Gasteiger partial charge in [-0.3, -0.25) is 19.2 Å². The van der Waals surface area contributed by atoms with Crippen LogP contribution in [0.1, 0.15) is 24.5 Å². The lowest BCUT2D eigenvalue weighted by atomic mass is 9.95. The Kier molecular flexibility index (Phi) is 5.47. The molecule has 0 unspecified atom stereocenters. The molecular formula is C16H24N4O4. The fourth-order valence-electron chi connectivity index (χ4n) is 3.37. The molecule has 0 saturated carbocycles. The van der Waals surface area contributed by atoms with E-state index in [1.54, 1.807) is 6.20 Å². The van der Waals surface area contributed by atoms with Crippen molar-refractivity contribution in [1.29, 1.82) is 0 Å². The van der Waals surface area contributed by atoms with Gasteiger partial charge in [-0.25, -0.2) is 0 Å². The first-order valence-electron chi connectivity index (χ1n) is 8.45. The topological polar surface area (TPSA) is 87.9 Å². The third kappa shape index (κ3) is 4.33. The summed E-state index contributed by atoms with van der Waals surface area (Å²) >= 11 is 0. The number of carbonyl (C=O) groups is 2. The van der Waals surface area contributed by atoms with Crippen LogP contribution in [-0.2, 0) is 20.9 Å². The standard InChI is InChI=1S/C16H24N4O4/c21-15(19-6-8-24-9-7-19)11-18-4-1-2-13(10-18)14-3-5-20(17-14)12-16(22)23/h3,5,13H,1-2,4,6-12H2,(H,22,23)/t13-/m0/s1. The molecule has 0 spiro atoms. The number of ether oxygens (including phenoxy) is 1. The Morgan fingerprint density at radius 1 is 1.25 bits per heavy atom. The van der Waals surface area contributed by atoms with Crippen molar-refractivity contribution >= 4 is 11.9 Å². The van der Waals surface area contributed by atoms with E-state index in [2.05, 4.69) is 10.00 Å². The highest BCUT2D eigenvalue weighted by molar-refractivity contribution is 5.78. The summed E-state index contributed by atoms with van der Waals surface area (Å²) in [6, 6.07) is 1.89. The molecule has 2 saturated heterocycles. The molecule has 3 rings (SSSR count). The first-order valence-corrected chi connectivity index (χ1v) is 8.45. The highest BCUT2D eigenvalue weighted by atomic mass is 16.5. The summed E-state index contributed by atoms with van der Waals surface area (Å²) in [6.07, 6.45) is 3.75. The van der Waals surface area contributed by atoms with Crippen molar-refractivity contribution in [2.45, 2.75) is 25.3 Å². The zero-order chi connectivity index (χ0) is 16.9. The van der Waals surface area contributed by atoms with Crippen LogP contribution in [0, 0.1) is 0 Å². The molecular weight excluding hydrogens is 312 g/mol. The molecule has 3 heterocycles. The molecule has 132 valence electrons. The molecule has 8 heteroatoms. The summed E-state index contributed by atoms with van der Waals surface area (Å²) in [6.45, 7) is 4.62. The zero-order valence-electron chi connectivity index (χ0n) is 13.8. The monoisotopic (exact) mass is 336 g/mol. The van der Waals surface area contributed by atoms with Gasteiger partial charge in [-0.2, -0.15) is 5.10 Å². The van der Waals surface area contributed by atoms with Crippen molar-refractivity contribution in [2.75, 3.05) is 45.9 Å². The maximum absolute atomic E-state index is 12.4. The average molecular weight is 336 g/mol. The van der Waals surface area contributed by atoms with E-state index in [1.165, 1.54) is 4.68 Å². The van der Waals surface area contributed by atoms with Gasteiger partial charge in [0.15, 0.2) is 0 Å². The summed E-state index contributed by atoms with van der Waals surface area (Å²) < 4.78 is 6.74. The second-order valence-corrected chi connectivity index (χ2v) is 6.40. The minimum Gasteiger partial charge on any atom is -0.480 e. The maximum Gasteiger partial charge on any atom is 0.325 e. The van der Waals surface area contributed by atoms with Crippen LogP contribution < -0.4 is 0 Å². The normalized spacial score (nSPS) is 22.5. The maximum atomic E-state index is 12.4. The molecule has 1 aromatic heterocycles. The van der Waals surface area contributed by atoms with Gasteiger partial charge in [-0.05, 0) is 25.5 Å². The Hall–Kier alpha value is -1.93. The smallest absolute Gasteiger partial charge is 0.325 e. The molecule has 1 amide bonds. The lowest BCUT2D eigenvalue weighted by molar-refractivity contribution is -0.138. The molecule has 2 aliphatic rings. The number of carbonyl (C=O) groups excluding carboxylic acids is 1.